The number of hydrogen-bond donors (Lipinski definition) is 2. The Kier molecular flexibility index (Phi) is 9.21. The fraction of sp³-hybridized carbons (Fsp3) is 0.533. The van der Waals surface area contributed by atoms with Crippen LogP contribution in [0.1, 0.15) is 39.2 Å². The molecule has 1 aromatic rings. The number of halogens is 1. The molecule has 0 fully saturated rings. The van der Waals surface area contributed by atoms with Crippen LogP contribution >= 0.6 is 12.4 Å². The van der Waals surface area contributed by atoms with Gasteiger partial charge in [0.2, 0.25) is 5.91 Å². The highest BCUT2D eigenvalue weighted by Crippen LogP contribution is 2.12. The lowest BCUT2D eigenvalue weighted by Crippen LogP contribution is -2.19. The van der Waals surface area contributed by atoms with Crippen molar-refractivity contribution in [2.45, 2.75) is 52.4 Å². The summed E-state index contributed by atoms with van der Waals surface area (Å²) in [6, 6.07) is 7.76. The molecule has 0 saturated carbocycles. The monoisotopic (exact) mass is 300 g/mol. The van der Waals surface area contributed by atoms with Gasteiger partial charge in [-0.05, 0) is 44.9 Å². The van der Waals surface area contributed by atoms with Gasteiger partial charge in [-0.25, -0.2) is 0 Å². The van der Waals surface area contributed by atoms with Crippen molar-refractivity contribution in [2.24, 2.45) is 5.73 Å². The third kappa shape index (κ3) is 8.15. The molecule has 1 amide bonds. The first kappa shape index (κ1) is 18.9. The Morgan fingerprint density at radius 1 is 1.25 bits per heavy atom. The number of benzene rings is 1. The molecule has 114 valence electrons. The number of nitrogens with two attached hydrogens (primary N) is 1. The van der Waals surface area contributed by atoms with Gasteiger partial charge in [0, 0.05) is 18.2 Å². The highest BCUT2D eigenvalue weighted by molar-refractivity contribution is 5.90. The van der Waals surface area contributed by atoms with Crippen LogP contribution in [0.5, 0.6) is 0 Å². The van der Waals surface area contributed by atoms with E-state index in [1.165, 1.54) is 0 Å². The fourth-order valence-electron chi connectivity index (χ4n) is 1.53. The minimum absolute atomic E-state index is 0. The molecule has 1 unspecified atom stereocenters. The molecular weight excluding hydrogens is 276 g/mol. The normalized spacial score (nSPS) is 11.8. The van der Waals surface area contributed by atoms with Crippen LogP contribution in [-0.4, -0.2) is 18.1 Å². The first-order valence-corrected chi connectivity index (χ1v) is 6.73. The molecule has 0 bridgehead atoms. The summed E-state index contributed by atoms with van der Waals surface area (Å²) in [6.07, 6.45) is 1.37. The summed E-state index contributed by atoms with van der Waals surface area (Å²) in [6.45, 7) is 6.51. The molecule has 0 saturated heterocycles. The van der Waals surface area contributed by atoms with Crippen molar-refractivity contribution in [1.29, 1.82) is 0 Å². The quantitative estimate of drug-likeness (QED) is 0.813. The van der Waals surface area contributed by atoms with Crippen LogP contribution in [0.15, 0.2) is 24.3 Å². The van der Waals surface area contributed by atoms with Crippen LogP contribution in [0.3, 0.4) is 0 Å². The molecule has 0 aliphatic rings. The predicted molar refractivity (Wildman–Crippen MR) is 85.1 cm³/mol. The Labute approximate surface area is 127 Å². The van der Waals surface area contributed by atoms with E-state index in [9.17, 15) is 4.79 Å². The van der Waals surface area contributed by atoms with Gasteiger partial charge < -0.3 is 15.8 Å². The topological polar surface area (TPSA) is 64.4 Å². The second-order valence-electron chi connectivity index (χ2n) is 5.12. The highest BCUT2D eigenvalue weighted by Gasteiger charge is 2.04. The molecule has 0 spiro atoms. The molecule has 3 N–H and O–H groups in total. The number of rotatable bonds is 7. The van der Waals surface area contributed by atoms with Gasteiger partial charge in [-0.2, -0.15) is 0 Å². The average Bonchev–Trinajstić information content (AvgIpc) is 2.35. The Hall–Kier alpha value is -1.10. The number of ether oxygens (including phenoxy) is 1. The highest BCUT2D eigenvalue weighted by atomic mass is 35.5. The van der Waals surface area contributed by atoms with E-state index in [0.717, 1.165) is 11.3 Å². The molecule has 0 heterocycles. The van der Waals surface area contributed by atoms with Gasteiger partial charge in [0.15, 0.2) is 0 Å². The zero-order valence-electron chi connectivity index (χ0n) is 12.4. The van der Waals surface area contributed by atoms with Crippen LogP contribution < -0.4 is 11.1 Å². The molecule has 1 atom stereocenters. The van der Waals surface area contributed by atoms with Crippen molar-refractivity contribution in [3.05, 3.63) is 29.8 Å². The molecule has 0 radical (unpaired) electrons. The van der Waals surface area contributed by atoms with Crippen molar-refractivity contribution in [1.82, 2.24) is 0 Å². The summed E-state index contributed by atoms with van der Waals surface area (Å²) in [4.78, 5) is 11.6. The first-order chi connectivity index (χ1) is 8.97. The lowest BCUT2D eigenvalue weighted by molar-refractivity contribution is -0.116. The third-order valence-electron chi connectivity index (χ3n) is 2.65. The molecular formula is C15H25ClN2O2. The number of nitrogens with one attached hydrogen (secondary N) is 1. The second-order valence-corrected chi connectivity index (χ2v) is 5.12. The van der Waals surface area contributed by atoms with E-state index in [2.05, 4.69) is 5.32 Å². The average molecular weight is 301 g/mol. The maximum Gasteiger partial charge on any atom is 0.224 e. The van der Waals surface area contributed by atoms with E-state index < -0.39 is 0 Å². The lowest BCUT2D eigenvalue weighted by Gasteiger charge is -2.09. The Morgan fingerprint density at radius 2 is 1.85 bits per heavy atom. The summed E-state index contributed by atoms with van der Waals surface area (Å²) < 4.78 is 5.51. The van der Waals surface area contributed by atoms with Gasteiger partial charge in [-0.3, -0.25) is 4.79 Å². The summed E-state index contributed by atoms with van der Waals surface area (Å²) in [5.41, 5.74) is 7.53. The zero-order valence-corrected chi connectivity index (χ0v) is 13.2. The predicted octanol–water partition coefficient (Wildman–Crippen LogP) is 3.10. The van der Waals surface area contributed by atoms with E-state index in [1.807, 2.05) is 45.0 Å². The standard InChI is InChI=1S/C15H24N2O2.ClH/c1-11(2)19-10-13-5-7-14(8-6-13)17-15(18)9-4-12(3)16;/h5-8,11-12H,4,9-10,16H2,1-3H3,(H,17,18);1H. The van der Waals surface area contributed by atoms with Gasteiger partial charge in [0.25, 0.3) is 0 Å². The number of hydrogen-bond acceptors (Lipinski definition) is 3. The SMILES string of the molecule is CC(N)CCC(=O)Nc1ccc(COC(C)C)cc1.Cl. The lowest BCUT2D eigenvalue weighted by atomic mass is 10.2. The van der Waals surface area contributed by atoms with Gasteiger partial charge in [-0.1, -0.05) is 12.1 Å². The molecule has 0 aliphatic heterocycles. The molecule has 5 heteroatoms. The van der Waals surface area contributed by atoms with Crippen LogP contribution in [0.25, 0.3) is 0 Å². The largest absolute Gasteiger partial charge is 0.374 e. The Bertz CT molecular complexity index is 391. The van der Waals surface area contributed by atoms with E-state index in [4.69, 9.17) is 10.5 Å². The molecule has 1 rings (SSSR count). The van der Waals surface area contributed by atoms with Gasteiger partial charge in [-0.15, -0.1) is 12.4 Å². The van der Waals surface area contributed by atoms with Crippen molar-refractivity contribution in [3.8, 4) is 0 Å². The van der Waals surface area contributed by atoms with E-state index in [1.54, 1.807) is 0 Å². The molecule has 4 nitrogen and oxygen atoms in total. The van der Waals surface area contributed by atoms with Crippen LogP contribution in [-0.2, 0) is 16.1 Å². The number of carbonyl (C=O) groups is 1. The summed E-state index contributed by atoms with van der Waals surface area (Å²) in [7, 11) is 0. The van der Waals surface area contributed by atoms with Crippen LogP contribution in [0, 0.1) is 0 Å². The molecule has 0 aromatic heterocycles. The van der Waals surface area contributed by atoms with Gasteiger partial charge >= 0.3 is 0 Å². The number of amides is 1. The van der Waals surface area contributed by atoms with Crippen molar-refractivity contribution < 1.29 is 9.53 Å². The maximum absolute atomic E-state index is 11.6. The minimum atomic E-state index is 0. The van der Waals surface area contributed by atoms with Crippen LogP contribution in [0.2, 0.25) is 0 Å². The molecule has 1 aromatic carbocycles. The van der Waals surface area contributed by atoms with E-state index in [-0.39, 0.29) is 30.5 Å². The first-order valence-electron chi connectivity index (χ1n) is 6.73. The van der Waals surface area contributed by atoms with Crippen molar-refractivity contribution >= 4 is 24.0 Å². The van der Waals surface area contributed by atoms with E-state index >= 15 is 0 Å². The Balaban J connectivity index is 0.00000361. The van der Waals surface area contributed by atoms with Crippen molar-refractivity contribution in [3.63, 3.8) is 0 Å². The zero-order chi connectivity index (χ0) is 14.3. The summed E-state index contributed by atoms with van der Waals surface area (Å²) in [5, 5.41) is 2.85. The second kappa shape index (κ2) is 9.75. The molecule has 0 aliphatic carbocycles. The van der Waals surface area contributed by atoms with E-state index in [0.29, 0.717) is 19.4 Å². The third-order valence-corrected chi connectivity index (χ3v) is 2.65. The van der Waals surface area contributed by atoms with Gasteiger partial charge in [0.1, 0.15) is 0 Å². The van der Waals surface area contributed by atoms with Crippen LogP contribution in [0.4, 0.5) is 5.69 Å². The number of anilines is 1. The number of carbonyl (C=O) groups excluding carboxylic acids is 1. The Morgan fingerprint density at radius 3 is 2.35 bits per heavy atom. The van der Waals surface area contributed by atoms with Gasteiger partial charge in [0.05, 0.1) is 12.7 Å². The smallest absolute Gasteiger partial charge is 0.224 e. The fourth-order valence-corrected chi connectivity index (χ4v) is 1.53. The van der Waals surface area contributed by atoms with Crippen molar-refractivity contribution in [2.75, 3.05) is 5.32 Å². The maximum atomic E-state index is 11.6. The molecule has 20 heavy (non-hydrogen) atoms. The minimum Gasteiger partial charge on any atom is -0.374 e. The summed E-state index contributed by atoms with van der Waals surface area (Å²) in [5.74, 6) is 0.00322. The summed E-state index contributed by atoms with van der Waals surface area (Å²) >= 11 is 0.